The molecule has 0 aliphatic carbocycles. The molecule has 0 fully saturated rings. The van der Waals surface area contributed by atoms with Crippen molar-refractivity contribution in [2.24, 2.45) is 0 Å². The monoisotopic (exact) mass is 303 g/mol. The van der Waals surface area contributed by atoms with Crippen LogP contribution >= 0.6 is 0 Å². The second-order valence-electron chi connectivity index (χ2n) is 5.18. The highest BCUT2D eigenvalue weighted by Crippen LogP contribution is 2.28. The molecule has 0 radical (unpaired) electrons. The summed E-state index contributed by atoms with van der Waals surface area (Å²) >= 11 is 0. The van der Waals surface area contributed by atoms with Crippen molar-refractivity contribution in [1.82, 2.24) is 4.57 Å². The summed E-state index contributed by atoms with van der Waals surface area (Å²) in [5.41, 5.74) is 1.23. The van der Waals surface area contributed by atoms with Crippen molar-refractivity contribution in [3.8, 4) is 0 Å². The molecule has 1 aromatic heterocycles. The van der Waals surface area contributed by atoms with Gasteiger partial charge in [0.15, 0.2) is 0 Å². The fourth-order valence-corrected chi connectivity index (χ4v) is 2.74. The van der Waals surface area contributed by atoms with Crippen molar-refractivity contribution in [1.29, 1.82) is 0 Å². The topological polar surface area (TPSA) is 45.4 Å². The molecule has 5 heteroatoms. The summed E-state index contributed by atoms with van der Waals surface area (Å²) in [5, 5.41) is 20.2. The van der Waals surface area contributed by atoms with Crippen molar-refractivity contribution in [2.75, 3.05) is 6.61 Å². The number of hydrogen-bond donors (Lipinski definition) is 2. The van der Waals surface area contributed by atoms with Gasteiger partial charge in [-0.25, -0.2) is 8.78 Å². The number of hydrogen-bond acceptors (Lipinski definition) is 2. The Balaban J connectivity index is 2.16. The van der Waals surface area contributed by atoms with Gasteiger partial charge in [-0.2, -0.15) is 0 Å². The molecule has 0 amide bonds. The SMILES string of the molecule is OC[C@@H](O)[C@H](c1cccc(F)c1)n1ccc2cc(F)ccc21. The molecule has 2 N–H and O–H groups in total. The molecule has 3 aromatic rings. The predicted octanol–water partition coefficient (Wildman–Crippen LogP) is 2.86. The van der Waals surface area contributed by atoms with E-state index in [0.29, 0.717) is 16.5 Å². The van der Waals surface area contributed by atoms with E-state index in [1.807, 2.05) is 0 Å². The molecular formula is C17H15F2NO2. The lowest BCUT2D eigenvalue weighted by molar-refractivity contribution is 0.0653. The number of benzene rings is 2. The van der Waals surface area contributed by atoms with E-state index in [1.165, 1.54) is 24.3 Å². The standard InChI is InChI=1S/C17H15F2NO2/c18-13-3-1-2-12(9-13)17(16(22)10-21)20-7-6-11-8-14(19)4-5-15(11)20/h1-9,16-17,21-22H,10H2/t16-,17+/m1/s1. The summed E-state index contributed by atoms with van der Waals surface area (Å²) in [7, 11) is 0. The van der Waals surface area contributed by atoms with Crippen molar-refractivity contribution >= 4 is 10.9 Å². The van der Waals surface area contributed by atoms with E-state index in [-0.39, 0.29) is 5.82 Å². The molecule has 0 aliphatic rings. The Morgan fingerprint density at radius 2 is 1.77 bits per heavy atom. The van der Waals surface area contributed by atoms with Gasteiger partial charge in [-0.15, -0.1) is 0 Å². The van der Waals surface area contributed by atoms with Crippen LogP contribution in [0.15, 0.2) is 54.7 Å². The Morgan fingerprint density at radius 3 is 2.50 bits per heavy atom. The van der Waals surface area contributed by atoms with Crippen molar-refractivity contribution in [3.05, 3.63) is 71.9 Å². The maximum Gasteiger partial charge on any atom is 0.123 e. The second kappa shape index (κ2) is 5.87. The third kappa shape index (κ3) is 2.61. The molecule has 2 atom stereocenters. The van der Waals surface area contributed by atoms with Crippen LogP contribution < -0.4 is 0 Å². The van der Waals surface area contributed by atoms with Gasteiger partial charge in [-0.05, 0) is 42.0 Å². The van der Waals surface area contributed by atoms with E-state index in [1.54, 1.807) is 35.0 Å². The van der Waals surface area contributed by atoms with Gasteiger partial charge in [0, 0.05) is 17.1 Å². The molecular weight excluding hydrogens is 288 g/mol. The summed E-state index contributed by atoms with van der Waals surface area (Å²) in [6.07, 6.45) is 0.584. The van der Waals surface area contributed by atoms with E-state index < -0.39 is 24.6 Å². The number of aliphatic hydroxyl groups is 2. The van der Waals surface area contributed by atoms with E-state index in [2.05, 4.69) is 0 Å². The van der Waals surface area contributed by atoms with E-state index in [4.69, 9.17) is 0 Å². The normalized spacial score (nSPS) is 14.2. The van der Waals surface area contributed by atoms with Crippen LogP contribution in [-0.4, -0.2) is 27.5 Å². The first-order valence-corrected chi connectivity index (χ1v) is 6.90. The highest BCUT2D eigenvalue weighted by atomic mass is 19.1. The predicted molar refractivity (Wildman–Crippen MR) is 79.5 cm³/mol. The molecule has 0 spiro atoms. The molecule has 0 bridgehead atoms. The van der Waals surface area contributed by atoms with Crippen LogP contribution in [0.5, 0.6) is 0 Å². The van der Waals surface area contributed by atoms with E-state index >= 15 is 0 Å². The first-order chi connectivity index (χ1) is 10.6. The maximum absolute atomic E-state index is 13.5. The number of halogens is 2. The van der Waals surface area contributed by atoms with Crippen LogP contribution in [0, 0.1) is 11.6 Å². The third-order valence-corrected chi connectivity index (χ3v) is 3.72. The third-order valence-electron chi connectivity index (χ3n) is 3.72. The molecule has 0 unspecified atom stereocenters. The molecule has 3 rings (SSSR count). The quantitative estimate of drug-likeness (QED) is 0.778. The van der Waals surface area contributed by atoms with Gasteiger partial charge in [0.1, 0.15) is 17.7 Å². The zero-order chi connectivity index (χ0) is 15.7. The molecule has 3 nitrogen and oxygen atoms in total. The molecule has 0 saturated heterocycles. The van der Waals surface area contributed by atoms with Crippen LogP contribution in [0.4, 0.5) is 8.78 Å². The van der Waals surface area contributed by atoms with Gasteiger partial charge in [0.05, 0.1) is 12.6 Å². The number of aromatic nitrogens is 1. The van der Waals surface area contributed by atoms with Crippen molar-refractivity contribution in [3.63, 3.8) is 0 Å². The number of rotatable bonds is 4. The fraction of sp³-hybridized carbons (Fsp3) is 0.176. The van der Waals surface area contributed by atoms with Crippen LogP contribution in [0.1, 0.15) is 11.6 Å². The van der Waals surface area contributed by atoms with Crippen LogP contribution in [0.3, 0.4) is 0 Å². The minimum atomic E-state index is -1.11. The van der Waals surface area contributed by atoms with E-state index in [9.17, 15) is 19.0 Å². The zero-order valence-electron chi connectivity index (χ0n) is 11.7. The average molecular weight is 303 g/mol. The lowest BCUT2D eigenvalue weighted by Crippen LogP contribution is -2.28. The Labute approximate surface area is 126 Å². The Hall–Kier alpha value is -2.24. The summed E-state index contributed by atoms with van der Waals surface area (Å²) < 4.78 is 28.5. The van der Waals surface area contributed by atoms with Gasteiger partial charge in [0.25, 0.3) is 0 Å². The van der Waals surface area contributed by atoms with Crippen LogP contribution in [-0.2, 0) is 0 Å². The van der Waals surface area contributed by atoms with Gasteiger partial charge in [-0.1, -0.05) is 12.1 Å². The smallest absolute Gasteiger partial charge is 0.123 e. The zero-order valence-corrected chi connectivity index (χ0v) is 11.7. The molecule has 0 aliphatic heterocycles. The van der Waals surface area contributed by atoms with Crippen LogP contribution in [0.2, 0.25) is 0 Å². The van der Waals surface area contributed by atoms with E-state index in [0.717, 1.165) is 0 Å². The minimum absolute atomic E-state index is 0.352. The Bertz CT molecular complexity index is 800. The molecule has 22 heavy (non-hydrogen) atoms. The average Bonchev–Trinajstić information content (AvgIpc) is 2.90. The molecule has 114 valence electrons. The number of nitrogens with zero attached hydrogens (tertiary/aromatic N) is 1. The first kappa shape index (κ1) is 14.7. The van der Waals surface area contributed by atoms with Crippen molar-refractivity contribution in [2.45, 2.75) is 12.1 Å². The highest BCUT2D eigenvalue weighted by molar-refractivity contribution is 5.80. The second-order valence-corrected chi connectivity index (χ2v) is 5.18. The largest absolute Gasteiger partial charge is 0.394 e. The highest BCUT2D eigenvalue weighted by Gasteiger charge is 2.24. The summed E-state index contributed by atoms with van der Waals surface area (Å²) in [5.74, 6) is -0.773. The first-order valence-electron chi connectivity index (χ1n) is 6.90. The number of fused-ring (bicyclic) bond motifs is 1. The summed E-state index contributed by atoms with van der Waals surface area (Å²) in [4.78, 5) is 0. The molecule has 1 heterocycles. The van der Waals surface area contributed by atoms with Gasteiger partial charge in [-0.3, -0.25) is 0 Å². The Morgan fingerprint density at radius 1 is 1.00 bits per heavy atom. The fourth-order valence-electron chi connectivity index (χ4n) is 2.74. The number of aliphatic hydroxyl groups excluding tert-OH is 2. The lowest BCUT2D eigenvalue weighted by atomic mass is 10.0. The van der Waals surface area contributed by atoms with Gasteiger partial charge in [0.2, 0.25) is 0 Å². The summed E-state index contributed by atoms with van der Waals surface area (Å²) in [6.45, 7) is -0.470. The van der Waals surface area contributed by atoms with Gasteiger partial charge < -0.3 is 14.8 Å². The van der Waals surface area contributed by atoms with Crippen LogP contribution in [0.25, 0.3) is 10.9 Å². The maximum atomic E-state index is 13.5. The minimum Gasteiger partial charge on any atom is -0.394 e. The summed E-state index contributed by atoms with van der Waals surface area (Å²) in [6, 6.07) is 11.2. The lowest BCUT2D eigenvalue weighted by Gasteiger charge is -2.25. The molecule has 2 aromatic carbocycles. The molecule has 0 saturated carbocycles. The van der Waals surface area contributed by atoms with Crippen molar-refractivity contribution < 1.29 is 19.0 Å². The Kier molecular flexibility index (Phi) is 3.92. The van der Waals surface area contributed by atoms with Gasteiger partial charge >= 0.3 is 0 Å².